The van der Waals surface area contributed by atoms with Gasteiger partial charge in [-0.3, -0.25) is 14.6 Å². The second kappa shape index (κ2) is 8.11. The molecule has 2 aliphatic rings. The maximum atomic E-state index is 12.6. The van der Waals surface area contributed by atoms with Crippen LogP contribution in [0.15, 0.2) is 30.7 Å². The first-order valence-electron chi connectivity index (χ1n) is 10.2. The highest BCUT2D eigenvalue weighted by molar-refractivity contribution is 5.81. The molecule has 6 nitrogen and oxygen atoms in total. The van der Waals surface area contributed by atoms with E-state index in [4.69, 9.17) is 0 Å². The topological polar surface area (TPSA) is 67.2 Å². The number of nitrogens with zero attached hydrogens (tertiary/aromatic N) is 3. The molecule has 2 fully saturated rings. The van der Waals surface area contributed by atoms with Gasteiger partial charge in [0.15, 0.2) is 0 Å². The maximum Gasteiger partial charge on any atom is 0.224 e. The molecule has 1 aliphatic carbocycles. The van der Waals surface area contributed by atoms with E-state index in [9.17, 15) is 9.59 Å². The molecule has 3 heterocycles. The van der Waals surface area contributed by atoms with Gasteiger partial charge in [0, 0.05) is 55.8 Å². The van der Waals surface area contributed by atoms with Gasteiger partial charge in [-0.05, 0) is 37.8 Å². The van der Waals surface area contributed by atoms with E-state index in [2.05, 4.69) is 20.9 Å². The predicted octanol–water partition coefficient (Wildman–Crippen LogP) is 2.72. The summed E-state index contributed by atoms with van der Waals surface area (Å²) in [5.41, 5.74) is 1.06. The number of carbonyl (C=O) groups excluding carboxylic acids is 2. The molecule has 0 aromatic carbocycles. The van der Waals surface area contributed by atoms with E-state index in [-0.39, 0.29) is 17.7 Å². The second-order valence-corrected chi connectivity index (χ2v) is 7.84. The van der Waals surface area contributed by atoms with Gasteiger partial charge >= 0.3 is 0 Å². The molecule has 0 radical (unpaired) electrons. The highest BCUT2D eigenvalue weighted by Gasteiger charge is 2.28. The number of likely N-dealkylation sites (tertiary alicyclic amines) is 1. The van der Waals surface area contributed by atoms with Crippen molar-refractivity contribution >= 4 is 22.7 Å². The number of hydrogen-bond donors (Lipinski definition) is 1. The number of amides is 2. The molecular weight excluding hydrogens is 340 g/mol. The predicted molar refractivity (Wildman–Crippen MR) is 104 cm³/mol. The van der Waals surface area contributed by atoms with Crippen LogP contribution in [0, 0.1) is 5.92 Å². The summed E-state index contributed by atoms with van der Waals surface area (Å²) in [4.78, 5) is 31.1. The highest BCUT2D eigenvalue weighted by atomic mass is 16.2. The van der Waals surface area contributed by atoms with Crippen LogP contribution in [0.2, 0.25) is 0 Å². The molecule has 1 saturated carbocycles. The molecule has 0 atom stereocenters. The third-order valence-corrected chi connectivity index (χ3v) is 6.06. The molecule has 1 N–H and O–H groups in total. The van der Waals surface area contributed by atoms with Crippen molar-refractivity contribution in [2.75, 3.05) is 13.1 Å². The van der Waals surface area contributed by atoms with E-state index in [0.717, 1.165) is 36.6 Å². The van der Waals surface area contributed by atoms with E-state index in [1.54, 1.807) is 6.20 Å². The fraction of sp³-hybridized carbons (Fsp3) is 0.571. The zero-order valence-corrected chi connectivity index (χ0v) is 15.8. The van der Waals surface area contributed by atoms with Crippen LogP contribution in [0.25, 0.3) is 10.9 Å². The summed E-state index contributed by atoms with van der Waals surface area (Å²) < 4.78 is 2.09. The summed E-state index contributed by atoms with van der Waals surface area (Å²) in [6, 6.07) is 4.41. The van der Waals surface area contributed by atoms with Gasteiger partial charge < -0.3 is 14.8 Å². The van der Waals surface area contributed by atoms with Crippen LogP contribution in [0.1, 0.15) is 44.9 Å². The maximum absolute atomic E-state index is 12.6. The lowest BCUT2D eigenvalue weighted by Crippen LogP contribution is -2.45. The lowest BCUT2D eigenvalue weighted by Gasteiger charge is -2.32. The van der Waals surface area contributed by atoms with Gasteiger partial charge in [-0.25, -0.2) is 0 Å². The Morgan fingerprint density at radius 1 is 1.11 bits per heavy atom. The molecule has 1 saturated heterocycles. The first kappa shape index (κ1) is 18.0. The van der Waals surface area contributed by atoms with Gasteiger partial charge in [0.2, 0.25) is 11.8 Å². The summed E-state index contributed by atoms with van der Waals surface area (Å²) in [7, 11) is 0. The molecule has 1 aliphatic heterocycles. The quantitative estimate of drug-likeness (QED) is 0.882. The minimum atomic E-state index is 0.0640. The minimum Gasteiger partial charge on any atom is -0.353 e. The lowest BCUT2D eigenvalue weighted by molar-refractivity contribution is -0.136. The molecule has 0 bridgehead atoms. The Labute approximate surface area is 159 Å². The van der Waals surface area contributed by atoms with Gasteiger partial charge in [-0.1, -0.05) is 12.8 Å². The number of carbonyl (C=O) groups is 2. The number of aryl methyl sites for hydroxylation is 1. The van der Waals surface area contributed by atoms with Gasteiger partial charge in [0.25, 0.3) is 0 Å². The normalized spacial score (nSPS) is 18.9. The van der Waals surface area contributed by atoms with Crippen LogP contribution < -0.4 is 5.32 Å². The molecule has 4 rings (SSSR count). The zero-order valence-electron chi connectivity index (χ0n) is 15.8. The first-order chi connectivity index (χ1) is 13.2. The van der Waals surface area contributed by atoms with Crippen molar-refractivity contribution in [3.05, 3.63) is 30.7 Å². The van der Waals surface area contributed by atoms with Crippen molar-refractivity contribution in [2.24, 2.45) is 5.92 Å². The summed E-state index contributed by atoms with van der Waals surface area (Å²) in [5, 5.41) is 4.35. The van der Waals surface area contributed by atoms with Crippen molar-refractivity contribution in [1.82, 2.24) is 19.8 Å². The standard InChI is InChI=1S/C21H28N4O2/c26-20(9-14-24-11-6-16-5-10-22-15-19(16)24)25-12-7-17(8-13-25)21(27)23-18-3-1-2-4-18/h5-6,10-11,15,17-18H,1-4,7-9,12-14H2,(H,23,27). The van der Waals surface area contributed by atoms with Crippen molar-refractivity contribution < 1.29 is 9.59 Å². The third-order valence-electron chi connectivity index (χ3n) is 6.06. The number of nitrogens with one attached hydrogen (secondary N) is 1. The minimum absolute atomic E-state index is 0.0640. The van der Waals surface area contributed by atoms with E-state index in [1.807, 2.05) is 23.4 Å². The van der Waals surface area contributed by atoms with E-state index in [0.29, 0.717) is 32.1 Å². The van der Waals surface area contributed by atoms with Crippen molar-refractivity contribution in [2.45, 2.75) is 57.5 Å². The number of piperidine rings is 1. The summed E-state index contributed by atoms with van der Waals surface area (Å²) >= 11 is 0. The summed E-state index contributed by atoms with van der Waals surface area (Å²) in [5.74, 6) is 0.435. The van der Waals surface area contributed by atoms with Crippen LogP contribution in [-0.2, 0) is 16.1 Å². The van der Waals surface area contributed by atoms with Crippen molar-refractivity contribution in [3.8, 4) is 0 Å². The van der Waals surface area contributed by atoms with Crippen molar-refractivity contribution in [1.29, 1.82) is 0 Å². The van der Waals surface area contributed by atoms with E-state index >= 15 is 0 Å². The van der Waals surface area contributed by atoms with Crippen molar-refractivity contribution in [3.63, 3.8) is 0 Å². The van der Waals surface area contributed by atoms with Gasteiger partial charge in [0.1, 0.15) is 0 Å². The fourth-order valence-corrected chi connectivity index (χ4v) is 4.38. The first-order valence-corrected chi connectivity index (χ1v) is 10.2. The van der Waals surface area contributed by atoms with Gasteiger partial charge in [0.05, 0.1) is 11.7 Å². The molecule has 6 heteroatoms. The SMILES string of the molecule is O=C(NC1CCCC1)C1CCN(C(=O)CCn2ccc3ccncc32)CC1. The molecule has 144 valence electrons. The molecule has 27 heavy (non-hydrogen) atoms. The van der Waals surface area contributed by atoms with Crippen LogP contribution in [0.3, 0.4) is 0 Å². The molecule has 2 aromatic heterocycles. The van der Waals surface area contributed by atoms with Crippen LogP contribution >= 0.6 is 0 Å². The molecule has 2 amide bonds. The Morgan fingerprint density at radius 2 is 1.89 bits per heavy atom. The van der Waals surface area contributed by atoms with Crippen LogP contribution in [0.4, 0.5) is 0 Å². The molecule has 0 spiro atoms. The largest absolute Gasteiger partial charge is 0.353 e. The average Bonchev–Trinajstić information content (AvgIpc) is 3.36. The Kier molecular flexibility index (Phi) is 5.41. The number of aromatic nitrogens is 2. The van der Waals surface area contributed by atoms with Gasteiger partial charge in [-0.2, -0.15) is 0 Å². The van der Waals surface area contributed by atoms with E-state index in [1.165, 1.54) is 12.8 Å². The van der Waals surface area contributed by atoms with Crippen LogP contribution in [0.5, 0.6) is 0 Å². The number of fused-ring (bicyclic) bond motifs is 1. The Morgan fingerprint density at radius 3 is 2.67 bits per heavy atom. The number of hydrogen-bond acceptors (Lipinski definition) is 3. The fourth-order valence-electron chi connectivity index (χ4n) is 4.38. The monoisotopic (exact) mass is 368 g/mol. The van der Waals surface area contributed by atoms with Crippen LogP contribution in [-0.4, -0.2) is 45.4 Å². The van der Waals surface area contributed by atoms with E-state index < -0.39 is 0 Å². The number of rotatable bonds is 5. The Balaban J connectivity index is 1.24. The molecular formula is C21H28N4O2. The average molecular weight is 368 g/mol. The third kappa shape index (κ3) is 4.15. The smallest absolute Gasteiger partial charge is 0.224 e. The molecule has 0 unspecified atom stereocenters. The van der Waals surface area contributed by atoms with Gasteiger partial charge in [-0.15, -0.1) is 0 Å². The molecule has 2 aromatic rings. The number of pyridine rings is 1. The Bertz CT molecular complexity index is 801. The highest BCUT2D eigenvalue weighted by Crippen LogP contribution is 2.22. The summed E-state index contributed by atoms with van der Waals surface area (Å²) in [6.07, 6.45) is 12.4. The lowest BCUT2D eigenvalue weighted by atomic mass is 9.95. The zero-order chi connectivity index (χ0) is 18.6. The summed E-state index contributed by atoms with van der Waals surface area (Å²) in [6.45, 7) is 2.04. The second-order valence-electron chi connectivity index (χ2n) is 7.84. The Hall–Kier alpha value is -2.37.